The molecule has 1 heterocycles. The summed E-state index contributed by atoms with van der Waals surface area (Å²) in [4.78, 5) is 14.0. The Morgan fingerprint density at radius 1 is 1.35 bits per heavy atom. The van der Waals surface area contributed by atoms with Crippen LogP contribution >= 0.6 is 0 Å². The van der Waals surface area contributed by atoms with E-state index in [0.717, 1.165) is 44.3 Å². The van der Waals surface area contributed by atoms with Gasteiger partial charge in [-0.2, -0.15) is 0 Å². The zero-order valence-electron chi connectivity index (χ0n) is 11.8. The number of nitrogens with zero attached hydrogens (tertiary/aromatic N) is 1. The van der Waals surface area contributed by atoms with Gasteiger partial charge in [0.1, 0.15) is 6.61 Å². The van der Waals surface area contributed by atoms with Crippen molar-refractivity contribution in [2.45, 2.75) is 38.3 Å². The molecule has 2 atom stereocenters. The van der Waals surface area contributed by atoms with Gasteiger partial charge in [0.25, 0.3) is 0 Å². The largest absolute Gasteiger partial charge is 0.445 e. The third kappa shape index (κ3) is 2.80. The Morgan fingerprint density at radius 2 is 2.15 bits per heavy atom. The number of ether oxygens (including phenoxy) is 1. The summed E-state index contributed by atoms with van der Waals surface area (Å²) in [6.07, 6.45) is 4.17. The number of hydrogen-bond acceptors (Lipinski definition) is 3. The number of benzene rings is 1. The maximum Gasteiger partial charge on any atom is 0.410 e. The summed E-state index contributed by atoms with van der Waals surface area (Å²) in [6.45, 7) is 1.97. The fourth-order valence-corrected chi connectivity index (χ4v) is 3.52. The molecule has 0 aromatic heterocycles. The van der Waals surface area contributed by atoms with Gasteiger partial charge >= 0.3 is 6.09 Å². The van der Waals surface area contributed by atoms with Crippen molar-refractivity contribution in [2.24, 2.45) is 11.1 Å². The maximum atomic E-state index is 12.1. The summed E-state index contributed by atoms with van der Waals surface area (Å²) in [7, 11) is 0. The molecule has 1 aliphatic carbocycles. The molecule has 0 unspecified atom stereocenters. The van der Waals surface area contributed by atoms with E-state index in [4.69, 9.17) is 10.5 Å². The van der Waals surface area contributed by atoms with Crippen molar-refractivity contribution in [1.82, 2.24) is 4.90 Å². The molecule has 1 saturated carbocycles. The Bertz CT molecular complexity index is 477. The van der Waals surface area contributed by atoms with Gasteiger partial charge in [0, 0.05) is 19.1 Å². The van der Waals surface area contributed by atoms with Gasteiger partial charge in [-0.25, -0.2) is 4.79 Å². The van der Waals surface area contributed by atoms with Crippen LogP contribution in [0, 0.1) is 5.41 Å². The molecule has 2 N–H and O–H groups in total. The number of rotatable bonds is 2. The highest BCUT2D eigenvalue weighted by Gasteiger charge is 2.44. The van der Waals surface area contributed by atoms with Crippen molar-refractivity contribution in [3.05, 3.63) is 35.9 Å². The molecule has 2 fully saturated rings. The zero-order chi connectivity index (χ0) is 14.0. The van der Waals surface area contributed by atoms with Crippen LogP contribution in [0.1, 0.15) is 31.2 Å². The van der Waals surface area contributed by atoms with Crippen molar-refractivity contribution in [3.8, 4) is 0 Å². The summed E-state index contributed by atoms with van der Waals surface area (Å²) >= 11 is 0. The smallest absolute Gasteiger partial charge is 0.410 e. The third-order valence-electron chi connectivity index (χ3n) is 4.64. The number of hydrogen-bond donors (Lipinski definition) is 1. The molecule has 1 spiro atoms. The summed E-state index contributed by atoms with van der Waals surface area (Å²) < 4.78 is 5.40. The monoisotopic (exact) mass is 274 g/mol. The molecule has 1 aromatic rings. The summed E-state index contributed by atoms with van der Waals surface area (Å²) in [5.74, 6) is 0. The van der Waals surface area contributed by atoms with Crippen LogP contribution in [0.25, 0.3) is 0 Å². The van der Waals surface area contributed by atoms with E-state index in [1.807, 2.05) is 35.2 Å². The van der Waals surface area contributed by atoms with E-state index in [9.17, 15) is 4.79 Å². The average Bonchev–Trinajstić information content (AvgIpc) is 3.04. The second kappa shape index (κ2) is 5.44. The lowest BCUT2D eigenvalue weighted by Crippen LogP contribution is -2.32. The van der Waals surface area contributed by atoms with Gasteiger partial charge in [-0.1, -0.05) is 30.3 Å². The topological polar surface area (TPSA) is 55.6 Å². The quantitative estimate of drug-likeness (QED) is 0.901. The molecule has 4 heteroatoms. The predicted molar refractivity (Wildman–Crippen MR) is 77.1 cm³/mol. The minimum Gasteiger partial charge on any atom is -0.445 e. The highest BCUT2D eigenvalue weighted by molar-refractivity contribution is 5.68. The molecule has 1 aliphatic heterocycles. The minimum atomic E-state index is -0.189. The van der Waals surface area contributed by atoms with Crippen LogP contribution in [-0.2, 0) is 11.3 Å². The van der Waals surface area contributed by atoms with E-state index >= 15 is 0 Å². The van der Waals surface area contributed by atoms with Gasteiger partial charge in [-0.3, -0.25) is 0 Å². The lowest BCUT2D eigenvalue weighted by atomic mass is 9.85. The van der Waals surface area contributed by atoms with E-state index in [-0.39, 0.29) is 11.5 Å². The van der Waals surface area contributed by atoms with Crippen LogP contribution in [0.15, 0.2) is 30.3 Å². The second-order valence-electron chi connectivity index (χ2n) is 6.21. The SMILES string of the molecule is N[C@H]1CC[C@@]2(CCN(C(=O)OCc3ccccc3)C2)C1. The van der Waals surface area contributed by atoms with E-state index < -0.39 is 0 Å². The first kappa shape index (κ1) is 13.4. The van der Waals surface area contributed by atoms with Gasteiger partial charge in [0.05, 0.1) is 0 Å². The fraction of sp³-hybridized carbons (Fsp3) is 0.562. The number of carbonyl (C=O) groups excluding carboxylic acids is 1. The highest BCUT2D eigenvalue weighted by atomic mass is 16.6. The Kier molecular flexibility index (Phi) is 3.66. The van der Waals surface area contributed by atoms with Crippen molar-refractivity contribution < 1.29 is 9.53 Å². The van der Waals surface area contributed by atoms with Crippen molar-refractivity contribution in [3.63, 3.8) is 0 Å². The van der Waals surface area contributed by atoms with Crippen LogP contribution in [0.3, 0.4) is 0 Å². The number of amides is 1. The Balaban J connectivity index is 1.52. The predicted octanol–water partition coefficient (Wildman–Crippen LogP) is 2.53. The molecule has 0 radical (unpaired) electrons. The van der Waals surface area contributed by atoms with Crippen LogP contribution in [0.2, 0.25) is 0 Å². The minimum absolute atomic E-state index is 0.189. The Labute approximate surface area is 119 Å². The molecule has 2 aliphatic rings. The second-order valence-corrected chi connectivity index (χ2v) is 6.21. The number of nitrogens with two attached hydrogens (primary N) is 1. The first-order valence-electron chi connectivity index (χ1n) is 7.38. The average molecular weight is 274 g/mol. The van der Waals surface area contributed by atoms with Crippen molar-refractivity contribution in [2.75, 3.05) is 13.1 Å². The van der Waals surface area contributed by atoms with Crippen LogP contribution < -0.4 is 5.73 Å². The van der Waals surface area contributed by atoms with Gasteiger partial charge in [0.15, 0.2) is 0 Å². The van der Waals surface area contributed by atoms with Gasteiger partial charge in [-0.05, 0) is 36.7 Å². The maximum absolute atomic E-state index is 12.1. The zero-order valence-corrected chi connectivity index (χ0v) is 11.8. The van der Waals surface area contributed by atoms with Gasteiger partial charge < -0.3 is 15.4 Å². The van der Waals surface area contributed by atoms with E-state index in [2.05, 4.69) is 0 Å². The molecule has 4 nitrogen and oxygen atoms in total. The lowest BCUT2D eigenvalue weighted by Gasteiger charge is -2.23. The first-order valence-corrected chi connectivity index (χ1v) is 7.38. The molecule has 0 bridgehead atoms. The van der Waals surface area contributed by atoms with Crippen molar-refractivity contribution >= 4 is 6.09 Å². The van der Waals surface area contributed by atoms with Crippen LogP contribution in [0.4, 0.5) is 4.79 Å². The summed E-state index contributed by atoms with van der Waals surface area (Å²) in [5.41, 5.74) is 7.31. The fourth-order valence-electron chi connectivity index (χ4n) is 3.52. The molecule has 20 heavy (non-hydrogen) atoms. The lowest BCUT2D eigenvalue weighted by molar-refractivity contribution is 0.0996. The van der Waals surface area contributed by atoms with E-state index in [1.165, 1.54) is 0 Å². The Hall–Kier alpha value is -1.55. The van der Waals surface area contributed by atoms with Crippen molar-refractivity contribution in [1.29, 1.82) is 0 Å². The molecule has 1 aromatic carbocycles. The third-order valence-corrected chi connectivity index (χ3v) is 4.64. The van der Waals surface area contributed by atoms with Gasteiger partial charge in [-0.15, -0.1) is 0 Å². The number of likely N-dealkylation sites (tertiary alicyclic amines) is 1. The highest BCUT2D eigenvalue weighted by Crippen LogP contribution is 2.44. The summed E-state index contributed by atoms with van der Waals surface area (Å²) in [5, 5.41) is 0. The van der Waals surface area contributed by atoms with Crippen LogP contribution in [0.5, 0.6) is 0 Å². The van der Waals surface area contributed by atoms with Gasteiger partial charge in [0.2, 0.25) is 0 Å². The molecule has 1 saturated heterocycles. The molecular formula is C16H22N2O2. The van der Waals surface area contributed by atoms with E-state index in [0.29, 0.717) is 12.6 Å². The number of carbonyl (C=O) groups is 1. The first-order chi connectivity index (χ1) is 9.67. The molecule has 3 rings (SSSR count). The molecule has 108 valence electrons. The van der Waals surface area contributed by atoms with Crippen LogP contribution in [-0.4, -0.2) is 30.1 Å². The summed E-state index contributed by atoms with van der Waals surface area (Å²) in [6, 6.07) is 10.1. The molecular weight excluding hydrogens is 252 g/mol. The van der Waals surface area contributed by atoms with E-state index in [1.54, 1.807) is 0 Å². The normalized spacial score (nSPS) is 29.1. The Morgan fingerprint density at radius 3 is 2.85 bits per heavy atom. The molecule has 1 amide bonds. The standard InChI is InChI=1S/C16H22N2O2/c17-14-6-7-16(10-14)8-9-18(12-16)15(19)20-11-13-4-2-1-3-5-13/h1-5,14H,6-12,17H2/t14-,16+/m0/s1.